The van der Waals surface area contributed by atoms with Gasteiger partial charge in [0.05, 0.1) is 6.04 Å². The van der Waals surface area contributed by atoms with Crippen molar-refractivity contribution in [3.8, 4) is 0 Å². The molecule has 0 aliphatic carbocycles. The Hall–Kier alpha value is -1.67. The first-order valence-electron chi connectivity index (χ1n) is 9.17. The average molecular weight is 356 g/mol. The molecule has 1 saturated heterocycles. The summed E-state index contributed by atoms with van der Waals surface area (Å²) in [6.07, 6.45) is 4.03. The summed E-state index contributed by atoms with van der Waals surface area (Å²) in [5.41, 5.74) is 5.42. The molecule has 2 amide bonds. The van der Waals surface area contributed by atoms with E-state index >= 15 is 0 Å². The maximum absolute atomic E-state index is 12.6. The molecule has 0 spiro atoms. The number of carbonyl (C=O) groups excluding carboxylic acids is 2. The van der Waals surface area contributed by atoms with E-state index in [4.69, 9.17) is 5.73 Å². The highest BCUT2D eigenvalue weighted by Crippen LogP contribution is 2.12. The first kappa shape index (κ1) is 21.4. The van der Waals surface area contributed by atoms with E-state index in [0.29, 0.717) is 32.2 Å². The zero-order valence-corrected chi connectivity index (χ0v) is 15.2. The van der Waals surface area contributed by atoms with Gasteiger partial charge in [0.2, 0.25) is 11.8 Å². The lowest BCUT2D eigenvalue weighted by Crippen LogP contribution is -2.56. The molecule has 1 heterocycles. The predicted octanol–water partition coefficient (Wildman–Crippen LogP) is -0.0323. The van der Waals surface area contributed by atoms with Crippen molar-refractivity contribution in [1.82, 2.24) is 16.0 Å². The molecule has 4 unspecified atom stereocenters. The fraction of sp³-hybridized carbons (Fsp3) is 0.824. The van der Waals surface area contributed by atoms with Gasteiger partial charge in [0.25, 0.3) is 0 Å². The van der Waals surface area contributed by atoms with E-state index in [1.807, 2.05) is 13.8 Å². The van der Waals surface area contributed by atoms with Crippen molar-refractivity contribution in [1.29, 1.82) is 0 Å². The van der Waals surface area contributed by atoms with E-state index in [0.717, 1.165) is 19.4 Å². The molecule has 0 saturated carbocycles. The van der Waals surface area contributed by atoms with E-state index in [1.54, 1.807) is 0 Å². The van der Waals surface area contributed by atoms with Gasteiger partial charge in [-0.15, -0.1) is 0 Å². The van der Waals surface area contributed by atoms with Crippen LogP contribution in [0.1, 0.15) is 52.4 Å². The van der Waals surface area contributed by atoms with E-state index in [1.165, 1.54) is 0 Å². The number of amides is 2. The standard InChI is InChI=1S/C17H32N4O4/c1-3-11(2)14(21-15(22)12-8-6-10-19-12)16(23)20-13(17(24)25)7-4-5-9-18/h11-14,19H,3-10,18H2,1-2H3,(H,20,23)(H,21,22)(H,24,25). The number of carbonyl (C=O) groups is 3. The van der Waals surface area contributed by atoms with Crippen LogP contribution in [0.3, 0.4) is 0 Å². The molecule has 25 heavy (non-hydrogen) atoms. The Balaban J connectivity index is 2.70. The largest absolute Gasteiger partial charge is 0.480 e. The number of hydrogen-bond donors (Lipinski definition) is 5. The van der Waals surface area contributed by atoms with Crippen molar-refractivity contribution < 1.29 is 19.5 Å². The summed E-state index contributed by atoms with van der Waals surface area (Å²) in [6, 6.07) is -1.98. The Morgan fingerprint density at radius 2 is 2.00 bits per heavy atom. The fourth-order valence-corrected chi connectivity index (χ4v) is 2.88. The number of nitrogens with two attached hydrogens (primary N) is 1. The lowest BCUT2D eigenvalue weighted by Gasteiger charge is -2.26. The molecule has 8 nitrogen and oxygen atoms in total. The lowest BCUT2D eigenvalue weighted by molar-refractivity contribution is -0.142. The molecule has 6 N–H and O–H groups in total. The first-order chi connectivity index (χ1) is 11.9. The highest BCUT2D eigenvalue weighted by Gasteiger charge is 2.32. The number of hydrogen-bond acceptors (Lipinski definition) is 5. The van der Waals surface area contributed by atoms with Crippen molar-refractivity contribution in [3.63, 3.8) is 0 Å². The van der Waals surface area contributed by atoms with E-state index in [2.05, 4.69) is 16.0 Å². The summed E-state index contributed by atoms with van der Waals surface area (Å²) in [6.45, 7) is 5.08. The van der Waals surface area contributed by atoms with Crippen LogP contribution >= 0.6 is 0 Å². The molecule has 1 rings (SSSR count). The van der Waals surface area contributed by atoms with Crippen LogP contribution in [0.2, 0.25) is 0 Å². The predicted molar refractivity (Wildman–Crippen MR) is 94.9 cm³/mol. The minimum Gasteiger partial charge on any atom is -0.480 e. The van der Waals surface area contributed by atoms with Gasteiger partial charge >= 0.3 is 5.97 Å². The highest BCUT2D eigenvalue weighted by molar-refractivity contribution is 5.92. The normalized spacial score (nSPS) is 20.5. The second-order valence-corrected chi connectivity index (χ2v) is 6.70. The van der Waals surface area contributed by atoms with Crippen LogP contribution in [-0.4, -0.2) is 54.1 Å². The van der Waals surface area contributed by atoms with Crippen molar-refractivity contribution in [2.75, 3.05) is 13.1 Å². The van der Waals surface area contributed by atoms with Crippen molar-refractivity contribution in [2.24, 2.45) is 11.7 Å². The van der Waals surface area contributed by atoms with Gasteiger partial charge in [-0.25, -0.2) is 4.79 Å². The number of aliphatic carboxylic acids is 1. The molecule has 144 valence electrons. The first-order valence-corrected chi connectivity index (χ1v) is 9.17. The molecular formula is C17H32N4O4. The molecule has 1 aliphatic heterocycles. The summed E-state index contributed by atoms with van der Waals surface area (Å²) >= 11 is 0. The summed E-state index contributed by atoms with van der Waals surface area (Å²) in [4.78, 5) is 36.3. The molecule has 8 heteroatoms. The average Bonchev–Trinajstić information content (AvgIpc) is 3.12. The topological polar surface area (TPSA) is 134 Å². The van der Waals surface area contributed by atoms with Gasteiger partial charge < -0.3 is 26.8 Å². The molecule has 4 atom stereocenters. The number of carboxylic acids is 1. The highest BCUT2D eigenvalue weighted by atomic mass is 16.4. The molecule has 0 aromatic rings. The molecule has 0 bridgehead atoms. The van der Waals surface area contributed by atoms with Gasteiger partial charge in [0.15, 0.2) is 0 Å². The molecule has 0 radical (unpaired) electrons. The zero-order valence-electron chi connectivity index (χ0n) is 15.2. The van der Waals surface area contributed by atoms with Gasteiger partial charge in [-0.2, -0.15) is 0 Å². The van der Waals surface area contributed by atoms with E-state index < -0.39 is 24.0 Å². The Bertz CT molecular complexity index is 452. The van der Waals surface area contributed by atoms with Gasteiger partial charge in [-0.1, -0.05) is 20.3 Å². The zero-order chi connectivity index (χ0) is 18.8. The van der Waals surface area contributed by atoms with Crippen LogP contribution < -0.4 is 21.7 Å². The monoisotopic (exact) mass is 356 g/mol. The van der Waals surface area contributed by atoms with Gasteiger partial charge in [0, 0.05) is 0 Å². The minimum absolute atomic E-state index is 0.0937. The maximum Gasteiger partial charge on any atom is 0.326 e. The minimum atomic E-state index is -1.07. The van der Waals surface area contributed by atoms with Crippen molar-refractivity contribution in [3.05, 3.63) is 0 Å². The molecular weight excluding hydrogens is 324 g/mol. The quantitative estimate of drug-likeness (QED) is 0.330. The number of nitrogens with one attached hydrogen (secondary N) is 3. The van der Waals surface area contributed by atoms with E-state index in [-0.39, 0.29) is 17.9 Å². The SMILES string of the molecule is CCC(C)C(NC(=O)C1CCCN1)C(=O)NC(CCCCN)C(=O)O. The lowest BCUT2D eigenvalue weighted by atomic mass is 9.97. The van der Waals surface area contributed by atoms with Crippen molar-refractivity contribution >= 4 is 17.8 Å². The number of unbranched alkanes of at least 4 members (excludes halogenated alkanes) is 1. The third kappa shape index (κ3) is 6.99. The van der Waals surface area contributed by atoms with Gasteiger partial charge in [0.1, 0.15) is 12.1 Å². The number of rotatable bonds is 11. The molecule has 0 aromatic heterocycles. The molecule has 1 fully saturated rings. The van der Waals surface area contributed by atoms with Crippen LogP contribution in [-0.2, 0) is 14.4 Å². The second-order valence-electron chi connectivity index (χ2n) is 6.70. The third-order valence-corrected chi connectivity index (χ3v) is 4.73. The molecule has 1 aliphatic rings. The summed E-state index contributed by atoms with van der Waals surface area (Å²) in [5, 5.41) is 17.8. The van der Waals surface area contributed by atoms with Crippen LogP contribution in [0.15, 0.2) is 0 Å². The second kappa shape index (κ2) is 11.0. The van der Waals surface area contributed by atoms with Crippen LogP contribution in [0.4, 0.5) is 0 Å². The Morgan fingerprint density at radius 3 is 2.52 bits per heavy atom. The van der Waals surface area contributed by atoms with Crippen LogP contribution in [0.25, 0.3) is 0 Å². The maximum atomic E-state index is 12.6. The fourth-order valence-electron chi connectivity index (χ4n) is 2.88. The summed E-state index contributed by atoms with van der Waals surface area (Å²) in [7, 11) is 0. The third-order valence-electron chi connectivity index (χ3n) is 4.73. The summed E-state index contributed by atoms with van der Waals surface area (Å²) in [5.74, 6) is -1.81. The van der Waals surface area contributed by atoms with E-state index in [9.17, 15) is 19.5 Å². The van der Waals surface area contributed by atoms with Crippen molar-refractivity contribution in [2.45, 2.75) is 70.5 Å². The molecule has 0 aromatic carbocycles. The van der Waals surface area contributed by atoms with Crippen LogP contribution in [0.5, 0.6) is 0 Å². The Morgan fingerprint density at radius 1 is 1.28 bits per heavy atom. The number of carboxylic acid groups (broad SMARTS) is 1. The Kier molecular flexibility index (Phi) is 9.44. The van der Waals surface area contributed by atoms with Crippen LogP contribution in [0, 0.1) is 5.92 Å². The van der Waals surface area contributed by atoms with Gasteiger partial charge in [-0.05, 0) is 51.1 Å². The smallest absolute Gasteiger partial charge is 0.326 e. The Labute approximate surface area is 149 Å². The van der Waals surface area contributed by atoms with Gasteiger partial charge in [-0.3, -0.25) is 9.59 Å². The summed E-state index contributed by atoms with van der Waals surface area (Å²) < 4.78 is 0.